The van der Waals surface area contributed by atoms with Crippen LogP contribution in [-0.2, 0) is 27.9 Å². The molecule has 4 heterocycles. The lowest BCUT2D eigenvalue weighted by atomic mass is 9.73. The van der Waals surface area contributed by atoms with Gasteiger partial charge in [-0.2, -0.15) is 0 Å². The molecule has 2 aromatic heterocycles. The number of carbonyl (C=O) groups is 2. The van der Waals surface area contributed by atoms with Crippen molar-refractivity contribution in [2.45, 2.75) is 31.2 Å². The maximum absolute atomic E-state index is 13.8. The van der Waals surface area contributed by atoms with E-state index in [1.807, 2.05) is 23.1 Å². The van der Waals surface area contributed by atoms with E-state index in [2.05, 4.69) is 27.4 Å². The molecular weight excluding hydrogens is 424 g/mol. The van der Waals surface area contributed by atoms with Gasteiger partial charge >= 0.3 is 0 Å². The maximum Gasteiger partial charge on any atom is 0.276 e. The van der Waals surface area contributed by atoms with Crippen LogP contribution in [0.15, 0.2) is 54.7 Å². The van der Waals surface area contributed by atoms with Crippen LogP contribution in [0.3, 0.4) is 0 Å². The molecule has 2 aliphatic heterocycles. The maximum atomic E-state index is 13.8. The highest BCUT2D eigenvalue weighted by atomic mass is 32.1. The first-order valence-corrected chi connectivity index (χ1v) is 11.6. The van der Waals surface area contributed by atoms with Gasteiger partial charge < -0.3 is 9.64 Å². The largest absolute Gasteiger partial charge is 0.381 e. The molecule has 0 atom stereocenters. The summed E-state index contributed by atoms with van der Waals surface area (Å²) in [5.74, 6) is -0.125. The monoisotopic (exact) mass is 448 g/mol. The van der Waals surface area contributed by atoms with Crippen molar-refractivity contribution < 1.29 is 14.3 Å². The van der Waals surface area contributed by atoms with Gasteiger partial charge in [-0.25, -0.2) is 4.98 Å². The van der Waals surface area contributed by atoms with Crippen molar-refractivity contribution in [1.29, 1.82) is 0 Å². The number of ether oxygens (including phenoxy) is 1. The first-order chi connectivity index (χ1) is 15.7. The van der Waals surface area contributed by atoms with E-state index in [1.54, 1.807) is 24.4 Å². The molecule has 2 amide bonds. The van der Waals surface area contributed by atoms with Gasteiger partial charge in [0.25, 0.3) is 5.91 Å². The zero-order valence-corrected chi connectivity index (χ0v) is 18.4. The average molecular weight is 449 g/mol. The van der Waals surface area contributed by atoms with Crippen molar-refractivity contribution in [2.24, 2.45) is 0 Å². The highest BCUT2D eigenvalue weighted by molar-refractivity contribution is 7.15. The minimum absolute atomic E-state index is 0.158. The Morgan fingerprint density at radius 3 is 2.59 bits per heavy atom. The molecule has 1 fully saturated rings. The zero-order chi connectivity index (χ0) is 22.0. The summed E-state index contributed by atoms with van der Waals surface area (Å²) in [5, 5.41) is 3.39. The first kappa shape index (κ1) is 20.8. The predicted octanol–water partition coefficient (Wildman–Crippen LogP) is 3.42. The molecule has 0 saturated carbocycles. The Hall–Kier alpha value is -3.10. The molecule has 0 bridgehead atoms. The second kappa shape index (κ2) is 8.80. The summed E-state index contributed by atoms with van der Waals surface area (Å²) in [6, 6.07) is 15.3. The number of rotatable bonds is 4. The Balaban J connectivity index is 1.34. The van der Waals surface area contributed by atoms with E-state index in [0.717, 1.165) is 16.1 Å². The van der Waals surface area contributed by atoms with Gasteiger partial charge in [-0.05, 0) is 30.5 Å². The van der Waals surface area contributed by atoms with E-state index in [9.17, 15) is 9.59 Å². The minimum atomic E-state index is -0.544. The molecule has 32 heavy (non-hydrogen) atoms. The second-order valence-electron chi connectivity index (χ2n) is 8.10. The lowest BCUT2D eigenvalue weighted by Crippen LogP contribution is -2.51. The number of pyridine rings is 1. The van der Waals surface area contributed by atoms with Crippen molar-refractivity contribution in [3.05, 3.63) is 76.6 Å². The lowest BCUT2D eigenvalue weighted by molar-refractivity contribution is -0.142. The van der Waals surface area contributed by atoms with Crippen molar-refractivity contribution in [3.8, 4) is 0 Å². The number of hydrogen-bond acceptors (Lipinski definition) is 6. The number of nitrogens with zero attached hydrogens (tertiary/aromatic N) is 3. The molecule has 0 aliphatic carbocycles. The van der Waals surface area contributed by atoms with Crippen molar-refractivity contribution >= 4 is 28.3 Å². The molecule has 0 radical (unpaired) electrons. The summed E-state index contributed by atoms with van der Waals surface area (Å²) in [4.78, 5) is 37.9. The molecule has 0 spiro atoms. The van der Waals surface area contributed by atoms with Crippen LogP contribution in [0, 0.1) is 0 Å². The van der Waals surface area contributed by atoms with E-state index in [1.165, 1.54) is 11.3 Å². The standard InChI is InChI=1S/C24H24N4O3S/c29-21(19-8-4-5-12-25-19)27-23-26-18-9-13-28(16-20(18)32-23)22(30)24(10-14-31-15-11-24)17-6-2-1-3-7-17/h1-8,12H,9-11,13-16H2,(H,26,27,29). The normalized spacial score (nSPS) is 17.4. The fraction of sp³-hybridized carbons (Fsp3) is 0.333. The third kappa shape index (κ3) is 3.91. The lowest BCUT2D eigenvalue weighted by Gasteiger charge is -2.41. The predicted molar refractivity (Wildman–Crippen MR) is 122 cm³/mol. The van der Waals surface area contributed by atoms with E-state index < -0.39 is 5.41 Å². The van der Waals surface area contributed by atoms with Crippen molar-refractivity contribution in [1.82, 2.24) is 14.9 Å². The molecule has 8 heteroatoms. The van der Waals surface area contributed by atoms with Crippen LogP contribution < -0.4 is 5.32 Å². The van der Waals surface area contributed by atoms with Crippen LogP contribution in [0.2, 0.25) is 0 Å². The molecule has 5 rings (SSSR count). The van der Waals surface area contributed by atoms with Gasteiger partial charge in [0.15, 0.2) is 5.13 Å². The van der Waals surface area contributed by atoms with Gasteiger partial charge in [-0.15, -0.1) is 0 Å². The summed E-state index contributed by atoms with van der Waals surface area (Å²) in [6.07, 6.45) is 3.64. The Morgan fingerprint density at radius 2 is 1.84 bits per heavy atom. The fourth-order valence-electron chi connectivity index (χ4n) is 4.49. The number of nitrogens with one attached hydrogen (secondary N) is 1. The van der Waals surface area contributed by atoms with E-state index in [0.29, 0.717) is 56.4 Å². The summed E-state index contributed by atoms with van der Waals surface area (Å²) in [5.41, 5.74) is 1.82. The molecule has 7 nitrogen and oxygen atoms in total. The Kier molecular flexibility index (Phi) is 5.71. The quantitative estimate of drug-likeness (QED) is 0.661. The SMILES string of the molecule is O=C(Nc1nc2c(s1)CN(C(=O)C1(c3ccccc3)CCOCC1)CC2)c1ccccn1. The van der Waals surface area contributed by atoms with Crippen LogP contribution in [-0.4, -0.2) is 46.4 Å². The number of thiazole rings is 1. The summed E-state index contributed by atoms with van der Waals surface area (Å²) >= 11 is 1.43. The summed E-state index contributed by atoms with van der Waals surface area (Å²) < 4.78 is 5.59. The van der Waals surface area contributed by atoms with Gasteiger partial charge in [0.1, 0.15) is 5.69 Å². The highest BCUT2D eigenvalue weighted by Crippen LogP contribution is 2.38. The number of carbonyl (C=O) groups excluding carboxylic acids is 2. The molecular formula is C24H24N4O3S. The van der Waals surface area contributed by atoms with Gasteiger partial charge in [-0.1, -0.05) is 47.7 Å². The van der Waals surface area contributed by atoms with E-state index >= 15 is 0 Å². The number of fused-ring (bicyclic) bond motifs is 1. The third-order valence-corrected chi connectivity index (χ3v) is 7.22. The van der Waals surface area contributed by atoms with Crippen molar-refractivity contribution in [3.63, 3.8) is 0 Å². The van der Waals surface area contributed by atoms with Crippen LogP contribution >= 0.6 is 11.3 Å². The van der Waals surface area contributed by atoms with E-state index in [4.69, 9.17) is 4.74 Å². The van der Waals surface area contributed by atoms with Crippen LogP contribution in [0.1, 0.15) is 39.5 Å². The number of amides is 2. The molecule has 1 aromatic carbocycles. The zero-order valence-electron chi connectivity index (χ0n) is 17.6. The number of anilines is 1. The molecule has 1 saturated heterocycles. The number of hydrogen-bond donors (Lipinski definition) is 1. The molecule has 0 unspecified atom stereocenters. The van der Waals surface area contributed by atoms with Gasteiger partial charge in [0, 0.05) is 37.3 Å². The minimum Gasteiger partial charge on any atom is -0.381 e. The van der Waals surface area contributed by atoms with Crippen molar-refractivity contribution in [2.75, 3.05) is 25.1 Å². The van der Waals surface area contributed by atoms with Gasteiger partial charge in [-0.3, -0.25) is 19.9 Å². The van der Waals surface area contributed by atoms with Gasteiger partial charge in [0.2, 0.25) is 5.91 Å². The number of aromatic nitrogens is 2. The third-order valence-electron chi connectivity index (χ3n) is 6.22. The molecule has 1 N–H and O–H groups in total. The smallest absolute Gasteiger partial charge is 0.276 e. The Morgan fingerprint density at radius 1 is 1.06 bits per heavy atom. The van der Waals surface area contributed by atoms with Crippen LogP contribution in [0.25, 0.3) is 0 Å². The summed E-state index contributed by atoms with van der Waals surface area (Å²) in [7, 11) is 0. The van der Waals surface area contributed by atoms with E-state index in [-0.39, 0.29) is 11.8 Å². The van der Waals surface area contributed by atoms with Crippen LogP contribution in [0.4, 0.5) is 5.13 Å². The average Bonchev–Trinajstić information content (AvgIpc) is 3.26. The molecule has 164 valence electrons. The van der Waals surface area contributed by atoms with Crippen LogP contribution in [0.5, 0.6) is 0 Å². The molecule has 3 aromatic rings. The topological polar surface area (TPSA) is 84.4 Å². The Bertz CT molecular complexity index is 1110. The Labute approximate surface area is 190 Å². The molecule has 2 aliphatic rings. The number of benzene rings is 1. The second-order valence-corrected chi connectivity index (χ2v) is 9.18. The highest BCUT2D eigenvalue weighted by Gasteiger charge is 2.44. The first-order valence-electron chi connectivity index (χ1n) is 10.8. The van der Waals surface area contributed by atoms with Gasteiger partial charge in [0.05, 0.1) is 17.7 Å². The fourth-order valence-corrected chi connectivity index (χ4v) is 5.51. The summed E-state index contributed by atoms with van der Waals surface area (Å²) in [6.45, 7) is 2.31.